The first-order valence-electron chi connectivity index (χ1n) is 9.02. The predicted octanol–water partition coefficient (Wildman–Crippen LogP) is 4.93. The van der Waals surface area contributed by atoms with E-state index in [9.17, 15) is 9.59 Å². The number of allylic oxidation sites excluding steroid dienone is 4. The van der Waals surface area contributed by atoms with Crippen molar-refractivity contribution in [2.24, 2.45) is 11.3 Å². The molecule has 2 heteroatoms. The molecular weight excluding hydrogens is 272 g/mol. The monoisotopic (exact) mass is 300 g/mol. The molecule has 0 spiro atoms. The van der Waals surface area contributed by atoms with Gasteiger partial charge in [-0.25, -0.2) is 0 Å². The molecule has 0 saturated heterocycles. The molecule has 0 aromatic heterocycles. The van der Waals surface area contributed by atoms with Crippen molar-refractivity contribution in [3.63, 3.8) is 0 Å². The molecule has 0 radical (unpaired) electrons. The Balaban J connectivity index is 1.95. The van der Waals surface area contributed by atoms with Crippen molar-refractivity contribution in [3.8, 4) is 0 Å². The Labute approximate surface area is 134 Å². The molecule has 3 aliphatic carbocycles. The van der Waals surface area contributed by atoms with Gasteiger partial charge in [-0.1, -0.05) is 49.5 Å². The van der Waals surface area contributed by atoms with Crippen molar-refractivity contribution in [1.29, 1.82) is 0 Å². The lowest BCUT2D eigenvalue weighted by molar-refractivity contribution is -0.119. The number of hydrogen-bond donors (Lipinski definition) is 0. The zero-order valence-corrected chi connectivity index (χ0v) is 13.8. The molecule has 3 rings (SSSR count). The quantitative estimate of drug-likeness (QED) is 0.677. The van der Waals surface area contributed by atoms with Crippen LogP contribution in [0.2, 0.25) is 0 Å². The molecular formula is C20H28O2. The van der Waals surface area contributed by atoms with Crippen LogP contribution < -0.4 is 0 Å². The van der Waals surface area contributed by atoms with Gasteiger partial charge in [0.25, 0.3) is 0 Å². The zero-order chi connectivity index (χ0) is 15.6. The van der Waals surface area contributed by atoms with E-state index < -0.39 is 0 Å². The van der Waals surface area contributed by atoms with Gasteiger partial charge in [0.05, 0.1) is 0 Å². The topological polar surface area (TPSA) is 34.1 Å². The van der Waals surface area contributed by atoms with Crippen molar-refractivity contribution < 1.29 is 9.59 Å². The summed E-state index contributed by atoms with van der Waals surface area (Å²) in [6.07, 6.45) is 15.5. The molecule has 0 heterocycles. The summed E-state index contributed by atoms with van der Waals surface area (Å²) >= 11 is 0. The van der Waals surface area contributed by atoms with Gasteiger partial charge in [-0.15, -0.1) is 0 Å². The average molecular weight is 300 g/mol. The molecule has 0 aromatic carbocycles. The Morgan fingerprint density at radius 2 is 1.55 bits per heavy atom. The van der Waals surface area contributed by atoms with Crippen LogP contribution in [0, 0.1) is 11.3 Å². The Morgan fingerprint density at radius 3 is 2.23 bits per heavy atom. The number of hydrogen-bond acceptors (Lipinski definition) is 2. The first-order valence-corrected chi connectivity index (χ1v) is 9.02. The summed E-state index contributed by atoms with van der Waals surface area (Å²) in [7, 11) is 0. The molecule has 0 aromatic rings. The molecule has 2 nitrogen and oxygen atoms in total. The molecule has 1 saturated carbocycles. The van der Waals surface area contributed by atoms with Crippen LogP contribution in [0.3, 0.4) is 0 Å². The van der Waals surface area contributed by atoms with Crippen LogP contribution in [0.15, 0.2) is 23.3 Å². The SMILES string of the molecule is CC1CC(=O)CC=C(C2(C3=CCC(=O)CC3)CCCCC2)C1. The van der Waals surface area contributed by atoms with Gasteiger partial charge in [0.2, 0.25) is 0 Å². The smallest absolute Gasteiger partial charge is 0.136 e. The van der Waals surface area contributed by atoms with E-state index in [2.05, 4.69) is 19.1 Å². The Bertz CT molecular complexity index is 518. The highest BCUT2D eigenvalue weighted by Crippen LogP contribution is 2.52. The van der Waals surface area contributed by atoms with Gasteiger partial charge in [0.15, 0.2) is 0 Å². The van der Waals surface area contributed by atoms with E-state index in [1.807, 2.05) is 0 Å². The molecule has 1 fully saturated rings. The third-order valence-corrected chi connectivity index (χ3v) is 5.91. The Hall–Kier alpha value is -1.18. The summed E-state index contributed by atoms with van der Waals surface area (Å²) in [6.45, 7) is 2.21. The number of rotatable bonds is 2. The van der Waals surface area contributed by atoms with Crippen molar-refractivity contribution in [1.82, 2.24) is 0 Å². The lowest BCUT2D eigenvalue weighted by Gasteiger charge is -2.43. The second-order valence-corrected chi connectivity index (χ2v) is 7.60. The third-order valence-electron chi connectivity index (χ3n) is 5.91. The number of carbonyl (C=O) groups is 2. The summed E-state index contributed by atoms with van der Waals surface area (Å²) in [6, 6.07) is 0. The largest absolute Gasteiger partial charge is 0.299 e. The molecule has 3 aliphatic rings. The normalized spacial score (nSPS) is 29.6. The lowest BCUT2D eigenvalue weighted by Crippen LogP contribution is -2.31. The maximum absolute atomic E-state index is 11.9. The van der Waals surface area contributed by atoms with E-state index in [0.717, 1.165) is 25.7 Å². The van der Waals surface area contributed by atoms with Crippen LogP contribution >= 0.6 is 0 Å². The van der Waals surface area contributed by atoms with Crippen LogP contribution in [0.25, 0.3) is 0 Å². The van der Waals surface area contributed by atoms with Gasteiger partial charge < -0.3 is 0 Å². The number of ketones is 2. The van der Waals surface area contributed by atoms with E-state index in [4.69, 9.17) is 0 Å². The fourth-order valence-electron chi connectivity index (χ4n) is 4.78. The summed E-state index contributed by atoms with van der Waals surface area (Å²) in [5.74, 6) is 1.24. The van der Waals surface area contributed by atoms with Gasteiger partial charge in [0.1, 0.15) is 11.6 Å². The minimum atomic E-state index is 0.178. The summed E-state index contributed by atoms with van der Waals surface area (Å²) in [5, 5.41) is 0. The maximum atomic E-state index is 11.9. The van der Waals surface area contributed by atoms with E-state index in [0.29, 0.717) is 30.3 Å². The second kappa shape index (κ2) is 6.52. The summed E-state index contributed by atoms with van der Waals surface area (Å²) in [4.78, 5) is 23.6. The van der Waals surface area contributed by atoms with E-state index in [1.54, 1.807) is 0 Å². The number of Topliss-reactive ketones (excluding diaryl/α,β-unsaturated/α-hetero) is 2. The van der Waals surface area contributed by atoms with E-state index in [-0.39, 0.29) is 5.41 Å². The molecule has 0 aliphatic heterocycles. The molecule has 22 heavy (non-hydrogen) atoms. The highest BCUT2D eigenvalue weighted by atomic mass is 16.1. The fourth-order valence-corrected chi connectivity index (χ4v) is 4.78. The van der Waals surface area contributed by atoms with Gasteiger partial charge in [-0.3, -0.25) is 9.59 Å². The van der Waals surface area contributed by atoms with Crippen molar-refractivity contribution in [2.75, 3.05) is 0 Å². The van der Waals surface area contributed by atoms with Crippen LogP contribution in [0.5, 0.6) is 0 Å². The van der Waals surface area contributed by atoms with E-state index in [1.165, 1.54) is 43.3 Å². The highest BCUT2D eigenvalue weighted by Gasteiger charge is 2.40. The maximum Gasteiger partial charge on any atom is 0.136 e. The van der Waals surface area contributed by atoms with Gasteiger partial charge in [-0.05, 0) is 31.6 Å². The molecule has 0 bridgehead atoms. The van der Waals surface area contributed by atoms with E-state index >= 15 is 0 Å². The van der Waals surface area contributed by atoms with Crippen molar-refractivity contribution >= 4 is 11.6 Å². The average Bonchev–Trinajstić information content (AvgIpc) is 2.69. The Morgan fingerprint density at radius 1 is 0.864 bits per heavy atom. The highest BCUT2D eigenvalue weighted by molar-refractivity contribution is 5.82. The predicted molar refractivity (Wildman–Crippen MR) is 88.6 cm³/mol. The Kier molecular flexibility index (Phi) is 4.65. The summed E-state index contributed by atoms with van der Waals surface area (Å²) < 4.78 is 0. The molecule has 1 unspecified atom stereocenters. The second-order valence-electron chi connectivity index (χ2n) is 7.60. The fraction of sp³-hybridized carbons (Fsp3) is 0.700. The first-order chi connectivity index (χ1) is 10.6. The van der Waals surface area contributed by atoms with Gasteiger partial charge in [0, 0.05) is 31.1 Å². The van der Waals surface area contributed by atoms with Crippen LogP contribution in [0.1, 0.15) is 77.6 Å². The van der Waals surface area contributed by atoms with Crippen molar-refractivity contribution in [2.45, 2.75) is 77.6 Å². The first kappa shape index (κ1) is 15.7. The molecule has 1 atom stereocenters. The minimum absolute atomic E-state index is 0.178. The standard InChI is InChI=1S/C20H28O2/c1-15-13-17(7-10-19(22)14-15)20(11-3-2-4-12-20)16-5-8-18(21)9-6-16/h5,7,15H,2-4,6,8-14H2,1H3. The zero-order valence-electron chi connectivity index (χ0n) is 13.8. The van der Waals surface area contributed by atoms with Crippen LogP contribution in [-0.2, 0) is 9.59 Å². The van der Waals surface area contributed by atoms with Gasteiger partial charge >= 0.3 is 0 Å². The van der Waals surface area contributed by atoms with Crippen molar-refractivity contribution in [3.05, 3.63) is 23.3 Å². The molecule has 120 valence electrons. The minimum Gasteiger partial charge on any atom is -0.299 e. The molecule has 0 amide bonds. The van der Waals surface area contributed by atoms with Gasteiger partial charge in [-0.2, -0.15) is 0 Å². The lowest BCUT2D eigenvalue weighted by atomic mass is 9.61. The van der Waals surface area contributed by atoms with Crippen LogP contribution in [-0.4, -0.2) is 11.6 Å². The number of carbonyl (C=O) groups excluding carboxylic acids is 2. The summed E-state index contributed by atoms with van der Waals surface area (Å²) in [5.41, 5.74) is 3.21. The third kappa shape index (κ3) is 3.11. The molecule has 0 N–H and O–H groups in total. The van der Waals surface area contributed by atoms with Crippen LogP contribution in [0.4, 0.5) is 0 Å².